The number of carboxylic acids is 1. The molecule has 0 saturated heterocycles. The molecule has 0 bridgehead atoms. The summed E-state index contributed by atoms with van der Waals surface area (Å²) >= 11 is 5.73. The van der Waals surface area contributed by atoms with Gasteiger partial charge in [0.15, 0.2) is 5.78 Å². The molecule has 0 fully saturated rings. The third-order valence-corrected chi connectivity index (χ3v) is 2.86. The van der Waals surface area contributed by atoms with Crippen LogP contribution in [0.15, 0.2) is 24.3 Å². The first-order chi connectivity index (χ1) is 9.47. The SMILES string of the molecule is O=C(O)CCCC(=O)CNC(=O)Cc1ccc(Cl)cc1. The van der Waals surface area contributed by atoms with Crippen molar-refractivity contribution in [3.63, 3.8) is 0 Å². The van der Waals surface area contributed by atoms with Crippen LogP contribution >= 0.6 is 11.6 Å². The fraction of sp³-hybridized carbons (Fsp3) is 0.357. The fourth-order valence-electron chi connectivity index (χ4n) is 1.57. The number of Topliss-reactive ketones (excluding diaryl/α,β-unsaturated/α-hetero) is 1. The molecule has 5 nitrogen and oxygen atoms in total. The van der Waals surface area contributed by atoms with Gasteiger partial charge in [-0.15, -0.1) is 0 Å². The summed E-state index contributed by atoms with van der Waals surface area (Å²) in [5, 5.41) is 11.6. The van der Waals surface area contributed by atoms with Crippen molar-refractivity contribution >= 4 is 29.3 Å². The van der Waals surface area contributed by atoms with Crippen LogP contribution in [0.2, 0.25) is 5.02 Å². The third-order valence-electron chi connectivity index (χ3n) is 2.61. The van der Waals surface area contributed by atoms with E-state index in [1.54, 1.807) is 24.3 Å². The molecule has 0 unspecified atom stereocenters. The van der Waals surface area contributed by atoms with Gasteiger partial charge in [0.05, 0.1) is 13.0 Å². The minimum atomic E-state index is -0.926. The molecule has 0 aliphatic rings. The first-order valence-corrected chi connectivity index (χ1v) is 6.60. The van der Waals surface area contributed by atoms with Gasteiger partial charge in [0.25, 0.3) is 0 Å². The van der Waals surface area contributed by atoms with E-state index in [0.717, 1.165) is 5.56 Å². The van der Waals surface area contributed by atoms with Gasteiger partial charge < -0.3 is 10.4 Å². The molecule has 1 rings (SSSR count). The van der Waals surface area contributed by atoms with Gasteiger partial charge in [0.1, 0.15) is 0 Å². The van der Waals surface area contributed by atoms with Crippen LogP contribution in [-0.2, 0) is 20.8 Å². The van der Waals surface area contributed by atoms with Crippen LogP contribution in [0.4, 0.5) is 0 Å². The van der Waals surface area contributed by atoms with Crippen molar-refractivity contribution in [3.8, 4) is 0 Å². The normalized spacial score (nSPS) is 10.1. The Kier molecular flexibility index (Phi) is 6.73. The molecule has 0 radical (unpaired) electrons. The zero-order valence-electron chi connectivity index (χ0n) is 10.9. The highest BCUT2D eigenvalue weighted by Gasteiger charge is 2.07. The monoisotopic (exact) mass is 297 g/mol. The van der Waals surface area contributed by atoms with Gasteiger partial charge in [-0.1, -0.05) is 23.7 Å². The Morgan fingerprint density at radius 3 is 2.35 bits per heavy atom. The Labute approximate surface area is 121 Å². The minimum Gasteiger partial charge on any atom is -0.481 e. The number of hydrogen-bond donors (Lipinski definition) is 2. The molecule has 0 aliphatic carbocycles. The first kappa shape index (κ1) is 16.2. The highest BCUT2D eigenvalue weighted by Crippen LogP contribution is 2.09. The molecule has 1 amide bonds. The van der Waals surface area contributed by atoms with E-state index in [9.17, 15) is 14.4 Å². The Morgan fingerprint density at radius 2 is 1.75 bits per heavy atom. The summed E-state index contributed by atoms with van der Waals surface area (Å²) in [6.45, 7) is -0.0635. The predicted molar refractivity (Wildman–Crippen MR) is 74.7 cm³/mol. The van der Waals surface area contributed by atoms with Crippen LogP contribution in [0.3, 0.4) is 0 Å². The van der Waals surface area contributed by atoms with E-state index >= 15 is 0 Å². The van der Waals surface area contributed by atoms with E-state index in [0.29, 0.717) is 11.4 Å². The van der Waals surface area contributed by atoms with E-state index < -0.39 is 5.97 Å². The summed E-state index contributed by atoms with van der Waals surface area (Å²) in [5.41, 5.74) is 0.810. The topological polar surface area (TPSA) is 83.5 Å². The van der Waals surface area contributed by atoms with Crippen LogP contribution in [-0.4, -0.2) is 29.3 Å². The van der Waals surface area contributed by atoms with Crippen molar-refractivity contribution < 1.29 is 19.5 Å². The maximum atomic E-state index is 11.6. The molecular weight excluding hydrogens is 282 g/mol. The molecule has 0 aromatic heterocycles. The number of hydrogen-bond acceptors (Lipinski definition) is 3. The summed E-state index contributed by atoms with van der Waals surface area (Å²) in [6, 6.07) is 6.88. The first-order valence-electron chi connectivity index (χ1n) is 6.22. The van der Waals surface area contributed by atoms with E-state index in [1.807, 2.05) is 0 Å². The van der Waals surface area contributed by atoms with Crippen molar-refractivity contribution in [1.82, 2.24) is 5.32 Å². The lowest BCUT2D eigenvalue weighted by atomic mass is 10.1. The van der Waals surface area contributed by atoms with Crippen LogP contribution in [0.25, 0.3) is 0 Å². The predicted octanol–water partition coefficient (Wildman–Crippen LogP) is 1.82. The molecule has 0 saturated carbocycles. The Hall–Kier alpha value is -1.88. The lowest BCUT2D eigenvalue weighted by Crippen LogP contribution is -2.30. The number of amides is 1. The van der Waals surface area contributed by atoms with Crippen LogP contribution in [0.5, 0.6) is 0 Å². The summed E-state index contributed by atoms with van der Waals surface area (Å²) in [4.78, 5) is 33.3. The van der Waals surface area contributed by atoms with Crippen molar-refractivity contribution in [3.05, 3.63) is 34.9 Å². The van der Waals surface area contributed by atoms with Crippen molar-refractivity contribution in [2.24, 2.45) is 0 Å². The average molecular weight is 298 g/mol. The molecule has 1 aromatic carbocycles. The van der Waals surface area contributed by atoms with Crippen molar-refractivity contribution in [2.45, 2.75) is 25.7 Å². The summed E-state index contributed by atoms with van der Waals surface area (Å²) < 4.78 is 0. The van der Waals surface area contributed by atoms with Crippen molar-refractivity contribution in [2.75, 3.05) is 6.54 Å². The van der Waals surface area contributed by atoms with Crippen LogP contribution < -0.4 is 5.32 Å². The maximum absolute atomic E-state index is 11.6. The highest BCUT2D eigenvalue weighted by atomic mass is 35.5. The molecule has 0 heterocycles. The van der Waals surface area contributed by atoms with Gasteiger partial charge in [0, 0.05) is 17.9 Å². The van der Waals surface area contributed by atoms with Gasteiger partial charge in [-0.25, -0.2) is 0 Å². The minimum absolute atomic E-state index is 0.0372. The molecule has 6 heteroatoms. The number of nitrogens with one attached hydrogen (secondary N) is 1. The van der Waals surface area contributed by atoms with E-state index in [-0.39, 0.29) is 37.5 Å². The number of rotatable bonds is 8. The Bertz CT molecular complexity index is 484. The van der Waals surface area contributed by atoms with Gasteiger partial charge in [-0.2, -0.15) is 0 Å². The lowest BCUT2D eigenvalue weighted by molar-refractivity contribution is -0.137. The second-order valence-corrected chi connectivity index (χ2v) is 4.80. The van der Waals surface area contributed by atoms with E-state index in [1.165, 1.54) is 0 Å². The Morgan fingerprint density at radius 1 is 1.10 bits per heavy atom. The number of aliphatic carboxylic acids is 1. The standard InChI is InChI=1S/C14H16ClNO4/c15-11-6-4-10(5-7-11)8-13(18)16-9-12(17)2-1-3-14(19)20/h4-7H,1-3,8-9H2,(H,16,18)(H,19,20). The van der Waals surface area contributed by atoms with E-state index in [2.05, 4.69) is 5.32 Å². The number of carbonyl (C=O) groups is 3. The largest absolute Gasteiger partial charge is 0.481 e. The molecule has 2 N–H and O–H groups in total. The highest BCUT2D eigenvalue weighted by molar-refractivity contribution is 6.30. The van der Waals surface area contributed by atoms with Crippen LogP contribution in [0.1, 0.15) is 24.8 Å². The second kappa shape index (κ2) is 8.32. The molecule has 0 spiro atoms. The number of carboxylic acid groups (broad SMARTS) is 1. The summed E-state index contributed by atoms with van der Waals surface area (Å²) in [5.74, 6) is -1.35. The summed E-state index contributed by atoms with van der Waals surface area (Å²) in [7, 11) is 0. The van der Waals surface area contributed by atoms with Gasteiger partial charge >= 0.3 is 5.97 Å². The number of halogens is 1. The number of benzene rings is 1. The lowest BCUT2D eigenvalue weighted by Gasteiger charge is -2.04. The molecule has 1 aromatic rings. The van der Waals surface area contributed by atoms with Gasteiger partial charge in [-0.3, -0.25) is 14.4 Å². The van der Waals surface area contributed by atoms with Gasteiger partial charge in [0.2, 0.25) is 5.91 Å². The van der Waals surface area contributed by atoms with Gasteiger partial charge in [-0.05, 0) is 24.1 Å². The number of carbonyl (C=O) groups excluding carboxylic acids is 2. The van der Waals surface area contributed by atoms with Crippen molar-refractivity contribution in [1.29, 1.82) is 0 Å². The molecular formula is C14H16ClNO4. The average Bonchev–Trinajstić information content (AvgIpc) is 2.39. The molecule has 108 valence electrons. The van der Waals surface area contributed by atoms with E-state index in [4.69, 9.17) is 16.7 Å². The number of ketones is 1. The second-order valence-electron chi connectivity index (χ2n) is 4.37. The summed E-state index contributed by atoms with van der Waals surface area (Å²) in [6.07, 6.45) is 0.596. The quantitative estimate of drug-likeness (QED) is 0.766. The molecule has 0 atom stereocenters. The van der Waals surface area contributed by atoms with Crippen LogP contribution in [0, 0.1) is 0 Å². The fourth-order valence-corrected chi connectivity index (χ4v) is 1.70. The zero-order valence-corrected chi connectivity index (χ0v) is 11.7. The smallest absolute Gasteiger partial charge is 0.303 e. The third kappa shape index (κ3) is 6.89. The molecule has 20 heavy (non-hydrogen) atoms. The zero-order chi connectivity index (χ0) is 15.0. The molecule has 0 aliphatic heterocycles. The Balaban J connectivity index is 2.24. The maximum Gasteiger partial charge on any atom is 0.303 e.